The molecule has 5 aromatic carbocycles. The fourth-order valence-electron chi connectivity index (χ4n) is 4.66. The van der Waals surface area contributed by atoms with E-state index in [0.717, 1.165) is 50.5 Å². The van der Waals surface area contributed by atoms with Crippen molar-refractivity contribution in [2.24, 2.45) is 5.10 Å². The van der Waals surface area contributed by atoms with Gasteiger partial charge in [-0.3, -0.25) is 4.79 Å². The molecule has 1 amide bonds. The highest BCUT2D eigenvalue weighted by molar-refractivity contribution is 5.94. The second kappa shape index (κ2) is 12.8. The lowest BCUT2D eigenvalue weighted by molar-refractivity contribution is 0.0949. The summed E-state index contributed by atoms with van der Waals surface area (Å²) >= 11 is 0. The largest absolute Gasteiger partial charge is 0.489 e. The normalized spacial score (nSPS) is 11.0. The number of hydrogen-bond donors (Lipinski definition) is 1. The number of nitrogens with zero attached hydrogens (tertiary/aromatic N) is 3. The first-order valence-corrected chi connectivity index (χ1v) is 14.1. The monoisotopic (exact) mass is 562 g/mol. The van der Waals surface area contributed by atoms with E-state index in [9.17, 15) is 4.79 Å². The van der Waals surface area contributed by atoms with E-state index in [1.165, 1.54) is 0 Å². The van der Waals surface area contributed by atoms with Crippen LogP contribution in [0.5, 0.6) is 5.75 Å². The zero-order valence-corrected chi connectivity index (χ0v) is 23.7. The van der Waals surface area contributed by atoms with E-state index in [1.54, 1.807) is 17.0 Å². The maximum Gasteiger partial charge on any atom is 0.291 e. The van der Waals surface area contributed by atoms with E-state index in [4.69, 9.17) is 4.74 Å². The molecular weight excluding hydrogens is 532 g/mol. The van der Waals surface area contributed by atoms with Crippen LogP contribution in [0.3, 0.4) is 0 Å². The molecule has 0 spiro atoms. The first-order valence-electron chi connectivity index (χ1n) is 14.1. The van der Waals surface area contributed by atoms with E-state index in [-0.39, 0.29) is 5.69 Å². The molecule has 0 unspecified atom stereocenters. The van der Waals surface area contributed by atoms with Crippen molar-refractivity contribution < 1.29 is 9.53 Å². The number of ether oxygens (including phenoxy) is 1. The van der Waals surface area contributed by atoms with Gasteiger partial charge < -0.3 is 4.74 Å². The summed E-state index contributed by atoms with van der Waals surface area (Å²) in [6, 6.07) is 45.9. The molecule has 1 heterocycles. The van der Waals surface area contributed by atoms with Gasteiger partial charge in [0, 0.05) is 5.56 Å². The number of aromatic nitrogens is 2. The minimum absolute atomic E-state index is 0.268. The van der Waals surface area contributed by atoms with Crippen LogP contribution in [0, 0.1) is 6.92 Å². The van der Waals surface area contributed by atoms with Crippen LogP contribution in [0.2, 0.25) is 0 Å². The van der Waals surface area contributed by atoms with Crippen LogP contribution in [0.4, 0.5) is 0 Å². The van der Waals surface area contributed by atoms with Gasteiger partial charge in [0.2, 0.25) is 0 Å². The molecule has 6 aromatic rings. The standard InChI is InChI=1S/C37H30N4O2/c1-27-12-20-33(21-13-27)41-36(32-18-16-31(17-19-32)30-10-6-3-7-11-30)24-35(40-41)37(42)39-38-25-28-14-22-34(23-15-28)43-26-29-8-4-2-5-9-29/h2-25H,26H2,1H3,(H,39,42)/b38-25-. The number of benzene rings is 5. The fraction of sp³-hybridized carbons (Fsp3) is 0.0541. The molecule has 0 bridgehead atoms. The molecule has 0 saturated carbocycles. The van der Waals surface area contributed by atoms with Crippen molar-refractivity contribution in [3.05, 3.63) is 162 Å². The smallest absolute Gasteiger partial charge is 0.291 e. The van der Waals surface area contributed by atoms with Crippen LogP contribution in [-0.4, -0.2) is 21.9 Å². The third-order valence-corrected chi connectivity index (χ3v) is 7.02. The molecule has 210 valence electrons. The van der Waals surface area contributed by atoms with Crippen molar-refractivity contribution in [3.8, 4) is 33.8 Å². The molecule has 0 atom stereocenters. The zero-order valence-electron chi connectivity index (χ0n) is 23.7. The molecule has 0 aliphatic rings. The van der Waals surface area contributed by atoms with Gasteiger partial charge in [0.05, 0.1) is 17.6 Å². The van der Waals surface area contributed by atoms with Crippen LogP contribution in [-0.2, 0) is 6.61 Å². The predicted octanol–water partition coefficient (Wildman–Crippen LogP) is 7.86. The average Bonchev–Trinajstić information content (AvgIpc) is 3.51. The third kappa shape index (κ3) is 6.77. The molecule has 6 rings (SSSR count). The van der Waals surface area contributed by atoms with Gasteiger partial charge in [-0.2, -0.15) is 10.2 Å². The van der Waals surface area contributed by atoms with Crippen LogP contribution >= 0.6 is 0 Å². The molecular formula is C37H30N4O2. The summed E-state index contributed by atoms with van der Waals surface area (Å²) in [6.07, 6.45) is 1.60. The number of aryl methyl sites for hydroxylation is 1. The molecule has 0 saturated heterocycles. The van der Waals surface area contributed by atoms with Crippen molar-refractivity contribution in [2.45, 2.75) is 13.5 Å². The molecule has 0 radical (unpaired) electrons. The Balaban J connectivity index is 1.17. The minimum Gasteiger partial charge on any atom is -0.489 e. The van der Waals surface area contributed by atoms with E-state index in [2.05, 4.69) is 52.0 Å². The summed E-state index contributed by atoms with van der Waals surface area (Å²) in [5.74, 6) is 0.364. The Bertz CT molecular complexity index is 1830. The fourth-order valence-corrected chi connectivity index (χ4v) is 4.66. The second-order valence-electron chi connectivity index (χ2n) is 10.1. The Kier molecular flexibility index (Phi) is 8.18. The Morgan fingerprint density at radius 3 is 2.09 bits per heavy atom. The van der Waals surface area contributed by atoms with Gasteiger partial charge in [-0.1, -0.05) is 103 Å². The summed E-state index contributed by atoms with van der Waals surface area (Å²) in [7, 11) is 0. The molecule has 6 heteroatoms. The van der Waals surface area contributed by atoms with Gasteiger partial charge in [-0.25, -0.2) is 10.1 Å². The number of nitrogens with one attached hydrogen (secondary N) is 1. The van der Waals surface area contributed by atoms with E-state index < -0.39 is 5.91 Å². The van der Waals surface area contributed by atoms with E-state index >= 15 is 0 Å². The third-order valence-electron chi connectivity index (χ3n) is 7.02. The first-order chi connectivity index (χ1) is 21.1. The van der Waals surface area contributed by atoms with E-state index in [0.29, 0.717) is 6.61 Å². The summed E-state index contributed by atoms with van der Waals surface area (Å²) in [5.41, 5.74) is 10.9. The predicted molar refractivity (Wildman–Crippen MR) is 171 cm³/mol. The van der Waals surface area contributed by atoms with Gasteiger partial charge in [-0.05, 0) is 71.6 Å². The first kappa shape index (κ1) is 27.4. The van der Waals surface area contributed by atoms with E-state index in [1.807, 2.05) is 104 Å². The molecule has 1 aromatic heterocycles. The molecule has 0 aliphatic carbocycles. The van der Waals surface area contributed by atoms with Crippen molar-refractivity contribution >= 4 is 12.1 Å². The minimum atomic E-state index is -0.396. The highest BCUT2D eigenvalue weighted by atomic mass is 16.5. The van der Waals surface area contributed by atoms with Gasteiger partial charge in [0.15, 0.2) is 5.69 Å². The highest BCUT2D eigenvalue weighted by Crippen LogP contribution is 2.28. The van der Waals surface area contributed by atoms with Crippen LogP contribution < -0.4 is 10.2 Å². The van der Waals surface area contributed by atoms with Gasteiger partial charge >= 0.3 is 0 Å². The highest BCUT2D eigenvalue weighted by Gasteiger charge is 2.17. The Hall–Kier alpha value is -5.75. The topological polar surface area (TPSA) is 68.5 Å². The number of carbonyl (C=O) groups excluding carboxylic acids is 1. The molecule has 6 nitrogen and oxygen atoms in total. The number of hydrogen-bond acceptors (Lipinski definition) is 4. The van der Waals surface area contributed by atoms with Crippen LogP contribution in [0.25, 0.3) is 28.1 Å². The number of amides is 1. The summed E-state index contributed by atoms with van der Waals surface area (Å²) in [5, 5.41) is 8.83. The van der Waals surface area contributed by atoms with Crippen molar-refractivity contribution in [3.63, 3.8) is 0 Å². The lowest BCUT2D eigenvalue weighted by atomic mass is 10.0. The lowest BCUT2D eigenvalue weighted by Gasteiger charge is -2.09. The zero-order chi connectivity index (χ0) is 29.4. The molecule has 1 N–H and O–H groups in total. The summed E-state index contributed by atoms with van der Waals surface area (Å²) < 4.78 is 7.64. The second-order valence-corrected chi connectivity index (χ2v) is 10.1. The SMILES string of the molecule is Cc1ccc(-n2nc(C(=O)N/N=C\c3ccc(OCc4ccccc4)cc3)cc2-c2ccc(-c3ccccc3)cc2)cc1. The Labute approximate surface area is 250 Å². The maximum absolute atomic E-state index is 13.1. The lowest BCUT2D eigenvalue weighted by Crippen LogP contribution is -2.18. The molecule has 43 heavy (non-hydrogen) atoms. The van der Waals surface area contributed by atoms with Gasteiger partial charge in [0.25, 0.3) is 5.91 Å². The van der Waals surface area contributed by atoms with Gasteiger partial charge in [-0.15, -0.1) is 0 Å². The van der Waals surface area contributed by atoms with Crippen LogP contribution in [0.15, 0.2) is 145 Å². The quantitative estimate of drug-likeness (QED) is 0.144. The summed E-state index contributed by atoms with van der Waals surface area (Å²) in [6.45, 7) is 2.54. The van der Waals surface area contributed by atoms with Gasteiger partial charge in [0.1, 0.15) is 12.4 Å². The van der Waals surface area contributed by atoms with Crippen molar-refractivity contribution in [2.75, 3.05) is 0 Å². The number of carbonyl (C=O) groups is 1. The number of rotatable bonds is 9. The summed E-state index contributed by atoms with van der Waals surface area (Å²) in [4.78, 5) is 13.1. The maximum atomic E-state index is 13.1. The van der Waals surface area contributed by atoms with Crippen molar-refractivity contribution in [1.82, 2.24) is 15.2 Å². The van der Waals surface area contributed by atoms with Crippen molar-refractivity contribution in [1.29, 1.82) is 0 Å². The Morgan fingerprint density at radius 2 is 1.40 bits per heavy atom. The van der Waals surface area contributed by atoms with Crippen LogP contribution in [0.1, 0.15) is 27.2 Å². The average molecular weight is 563 g/mol. The molecule has 0 aliphatic heterocycles. The Morgan fingerprint density at radius 1 is 0.767 bits per heavy atom. The number of hydrazone groups is 1. The molecule has 0 fully saturated rings.